The lowest BCUT2D eigenvalue weighted by molar-refractivity contribution is -0.398. The van der Waals surface area contributed by atoms with Crippen LogP contribution in [0.15, 0.2) is 0 Å². The first-order valence-electron chi connectivity index (χ1n) is 35.2. The minimum absolute atomic E-state index is 0.379. The van der Waals surface area contributed by atoms with Crippen LogP contribution in [0, 0.1) is 0 Å². The SMILES string of the molecule is CC(O)COC[C@H]1O[C@@H]2O[C@H]3[C@@H](O)[C@H](O)[C@@H](O[C@H]4[C@@H](O)[C@H](O)[C@@H](O[C@H]5[C@@H](O)[C@@H](O)[C@@H](O[C@H]6[C@@H](O)[C@H](O)[C@@H](O[C@H]7[C@@H](O)[C@H](O)[C@@H](O[C@H]8[C@@H](O)[C@H](O)[C@@H](O[C@H]1[C@@H](O)[C@@H]2O)O[C@@H]8COCC(C)O)O[C@@H]7COCC(C)O)O[C@@H]6COCC(C)O)O[C@@H]5COCC(C)O)O[C@@H]4COCC(C)O)O[C@@H]3COCC(C)O. The summed E-state index contributed by atoms with van der Waals surface area (Å²) < 4.78 is 126. The molecule has 0 amide bonds. The van der Waals surface area contributed by atoms with Gasteiger partial charge in [0.15, 0.2) is 44.0 Å². The molecule has 21 rings (SSSR count). The van der Waals surface area contributed by atoms with Crippen molar-refractivity contribution in [3.05, 3.63) is 0 Å². The Morgan fingerprint density at radius 1 is 0.181 bits per heavy atom. The first-order chi connectivity index (χ1) is 49.6. The molecule has 42 nitrogen and oxygen atoms in total. The van der Waals surface area contributed by atoms with Crippen molar-refractivity contribution >= 4 is 0 Å². The normalized spacial score (nSPS) is 46.0. The van der Waals surface area contributed by atoms with Crippen LogP contribution < -0.4 is 0 Å². The molecular formula is C63H112O42. The van der Waals surface area contributed by atoms with E-state index in [-0.39, 0.29) is 46.2 Å². The van der Waals surface area contributed by atoms with Gasteiger partial charge < -0.3 is 207 Å². The van der Waals surface area contributed by atoms with Gasteiger partial charge >= 0.3 is 0 Å². The van der Waals surface area contributed by atoms with Crippen molar-refractivity contribution < 1.29 is 207 Å². The summed E-state index contributed by atoms with van der Waals surface area (Å²) in [5, 5.41) is 240. The highest BCUT2D eigenvalue weighted by Gasteiger charge is 2.60. The predicted molar refractivity (Wildman–Crippen MR) is 336 cm³/mol. The maximum absolute atomic E-state index is 12.1. The molecule has 21 N–H and O–H groups in total. The van der Waals surface area contributed by atoms with Crippen molar-refractivity contribution in [2.45, 2.75) is 306 Å². The summed E-state index contributed by atoms with van der Waals surface area (Å²) in [5.74, 6) is 0. The van der Waals surface area contributed by atoms with E-state index in [9.17, 15) is 107 Å². The van der Waals surface area contributed by atoms with Crippen LogP contribution in [-0.4, -0.2) is 457 Å². The van der Waals surface area contributed by atoms with Gasteiger partial charge in [-0.25, -0.2) is 0 Å². The largest absolute Gasteiger partial charge is 0.391 e. The van der Waals surface area contributed by atoms with E-state index in [4.69, 9.17) is 99.5 Å². The van der Waals surface area contributed by atoms with Gasteiger partial charge in [0, 0.05) is 0 Å². The summed E-state index contributed by atoms with van der Waals surface area (Å²) in [6.45, 7) is 2.51. The van der Waals surface area contributed by atoms with Crippen LogP contribution in [0.3, 0.4) is 0 Å². The fraction of sp³-hybridized carbons (Fsp3) is 1.00. The van der Waals surface area contributed by atoms with Crippen molar-refractivity contribution in [3.63, 3.8) is 0 Å². The van der Waals surface area contributed by atoms with Gasteiger partial charge in [0.2, 0.25) is 0 Å². The standard InChI is InChI=1S/C63H112O42/c1-22(64)8-85-15-29-50-36(71)43(78)57(92-29)100-51-30(16-86-9-23(2)65)94-59(45(80)38(51)73)102-53-32(18-88-11-25(4)67)96-61(47(82)40(53)75)104-55-34(20-90-13-27(6)69)98-63(49(84)42(55)77)105-56-35(21-91-14-28(7)70)97-62(48(83)41(56)76)103-54-33(19-89-12-26(5)68)95-60(46(81)39(54)74)101-52-31(17-87-10-24(3)66)93-58(99-50)44(79)37(52)72/h22-84H,8-21H2,1-7H3/t22?,23?,24?,25?,26?,27?,28?,29-,30-,31-,32-,33-,34-,35-,36+,37+,38+,39+,40+,41+,42+,43-,44+,45+,46+,47+,48+,49+,50-,51-,52-,53-,54-,55-,56-,57-,58-,59-,60-,61-,62-,63-/m1/s1. The smallest absolute Gasteiger partial charge is 0.187 e. The number of hydrogen-bond acceptors (Lipinski definition) is 42. The minimum atomic E-state index is -2.24. The number of rotatable bonds is 28. The van der Waals surface area contributed by atoms with E-state index in [0.717, 1.165) is 0 Å². The molecule has 21 aliphatic heterocycles. The molecule has 42 heteroatoms. The van der Waals surface area contributed by atoms with Crippen molar-refractivity contribution in [2.24, 2.45) is 0 Å². The molecule has 616 valence electrons. The van der Waals surface area contributed by atoms with E-state index in [0.29, 0.717) is 0 Å². The van der Waals surface area contributed by atoms with Crippen molar-refractivity contribution in [1.29, 1.82) is 0 Å². The van der Waals surface area contributed by atoms with Crippen molar-refractivity contribution in [1.82, 2.24) is 0 Å². The quantitative estimate of drug-likeness (QED) is 0.0346. The molecule has 7 unspecified atom stereocenters. The molecule has 0 aromatic carbocycles. The molecular weight excluding hydrogens is 1430 g/mol. The Morgan fingerprint density at radius 2 is 0.286 bits per heavy atom. The monoisotopic (exact) mass is 1540 g/mol. The van der Waals surface area contributed by atoms with Crippen LogP contribution in [0.5, 0.6) is 0 Å². The van der Waals surface area contributed by atoms with Crippen LogP contribution in [0.2, 0.25) is 0 Å². The highest BCUT2D eigenvalue weighted by atomic mass is 16.8. The molecule has 21 aliphatic rings. The van der Waals surface area contributed by atoms with Crippen LogP contribution in [-0.2, 0) is 99.5 Å². The fourth-order valence-corrected chi connectivity index (χ4v) is 12.8. The topological polar surface area (TPSA) is 619 Å². The third kappa shape index (κ3) is 23.7. The zero-order valence-corrected chi connectivity index (χ0v) is 59.1. The molecule has 105 heavy (non-hydrogen) atoms. The maximum atomic E-state index is 12.1. The van der Waals surface area contributed by atoms with E-state index in [1.807, 2.05) is 0 Å². The highest BCUT2D eigenvalue weighted by molar-refractivity contribution is 5.02. The van der Waals surface area contributed by atoms with Gasteiger partial charge in [-0.3, -0.25) is 0 Å². The lowest BCUT2D eigenvalue weighted by atomic mass is 9.95. The van der Waals surface area contributed by atoms with Crippen molar-refractivity contribution in [3.8, 4) is 0 Å². The van der Waals surface area contributed by atoms with Gasteiger partial charge in [-0.1, -0.05) is 0 Å². The molecule has 0 aliphatic carbocycles. The van der Waals surface area contributed by atoms with Gasteiger partial charge in [0.25, 0.3) is 0 Å². The van der Waals surface area contributed by atoms with E-state index in [2.05, 4.69) is 0 Å². The summed E-state index contributed by atoms with van der Waals surface area (Å²) in [6, 6.07) is 0. The third-order valence-electron chi connectivity index (χ3n) is 18.0. The van der Waals surface area contributed by atoms with Crippen LogP contribution in [0.1, 0.15) is 48.5 Å². The van der Waals surface area contributed by atoms with Crippen LogP contribution in [0.25, 0.3) is 0 Å². The number of aliphatic hydroxyl groups excluding tert-OH is 21. The molecule has 0 spiro atoms. The fourth-order valence-electron chi connectivity index (χ4n) is 12.8. The van der Waals surface area contributed by atoms with Gasteiger partial charge in [-0.2, -0.15) is 0 Å². The third-order valence-corrected chi connectivity index (χ3v) is 18.0. The van der Waals surface area contributed by atoms with Gasteiger partial charge in [0.05, 0.1) is 135 Å². The van der Waals surface area contributed by atoms with E-state index in [1.165, 1.54) is 48.5 Å². The Bertz CT molecular complexity index is 2000. The predicted octanol–water partition coefficient (Wildman–Crippen LogP) is -12.4. The molecule has 21 saturated heterocycles. The Morgan fingerprint density at radius 3 is 0.381 bits per heavy atom. The first kappa shape index (κ1) is 88.9. The molecule has 0 saturated carbocycles. The van der Waals surface area contributed by atoms with E-state index in [1.54, 1.807) is 0 Å². The second kappa shape index (κ2) is 41.4. The summed E-state index contributed by atoms with van der Waals surface area (Å²) in [5.41, 5.74) is 0. The summed E-state index contributed by atoms with van der Waals surface area (Å²) in [7, 11) is 0. The number of hydrogen-bond donors (Lipinski definition) is 21. The summed E-state index contributed by atoms with van der Waals surface area (Å²) >= 11 is 0. The summed E-state index contributed by atoms with van der Waals surface area (Å²) in [4.78, 5) is 0. The molecule has 21 heterocycles. The second-order valence-corrected chi connectivity index (χ2v) is 28.1. The highest BCUT2D eigenvalue weighted by Crippen LogP contribution is 2.40. The van der Waals surface area contributed by atoms with Crippen LogP contribution in [0.4, 0.5) is 0 Å². The van der Waals surface area contributed by atoms with Crippen LogP contribution >= 0.6 is 0 Å². The Labute approximate surface area is 603 Å². The Hall–Kier alpha value is -1.68. The lowest BCUT2D eigenvalue weighted by Gasteiger charge is -2.50. The molecule has 0 aromatic heterocycles. The average molecular weight is 1540 g/mol. The van der Waals surface area contributed by atoms with Gasteiger partial charge in [0.1, 0.15) is 171 Å². The Kier molecular flexibility index (Phi) is 35.0. The van der Waals surface area contributed by atoms with E-state index < -0.39 is 304 Å². The molecule has 42 atom stereocenters. The minimum Gasteiger partial charge on any atom is -0.391 e. The van der Waals surface area contributed by atoms with Gasteiger partial charge in [-0.05, 0) is 48.5 Å². The molecule has 0 radical (unpaired) electrons. The van der Waals surface area contributed by atoms with Gasteiger partial charge in [-0.15, -0.1) is 0 Å². The molecule has 0 aromatic rings. The number of aliphatic hydroxyl groups is 21. The maximum Gasteiger partial charge on any atom is 0.187 e. The number of ether oxygens (including phenoxy) is 21. The lowest BCUT2D eigenvalue weighted by Crippen LogP contribution is -2.68. The Balaban J connectivity index is 1.20. The zero-order valence-electron chi connectivity index (χ0n) is 59.1. The molecule has 14 bridgehead atoms. The van der Waals surface area contributed by atoms with Crippen molar-refractivity contribution in [2.75, 3.05) is 92.5 Å². The average Bonchev–Trinajstić information content (AvgIpc) is 0.785. The zero-order chi connectivity index (χ0) is 77.0. The first-order valence-corrected chi connectivity index (χ1v) is 35.2. The summed E-state index contributed by atoms with van der Waals surface area (Å²) in [6.07, 6.45) is -78.0. The molecule has 21 fully saturated rings. The second-order valence-electron chi connectivity index (χ2n) is 28.1. The van der Waals surface area contributed by atoms with E-state index >= 15 is 0 Å².